The molecule has 1 aliphatic heterocycles. The normalized spacial score (nSPS) is 15.2. The molecule has 1 saturated heterocycles. The highest BCUT2D eigenvalue weighted by atomic mass is 19.2. The molecule has 22 heavy (non-hydrogen) atoms. The Balaban J connectivity index is 1.64. The van der Waals surface area contributed by atoms with Crippen molar-refractivity contribution in [2.24, 2.45) is 0 Å². The van der Waals surface area contributed by atoms with Crippen LogP contribution >= 0.6 is 0 Å². The van der Waals surface area contributed by atoms with Gasteiger partial charge in [-0.05, 0) is 18.2 Å². The van der Waals surface area contributed by atoms with Crippen LogP contribution in [0.1, 0.15) is 47.8 Å². The van der Waals surface area contributed by atoms with E-state index >= 15 is 0 Å². The van der Waals surface area contributed by atoms with Crippen molar-refractivity contribution in [1.82, 2.24) is 15.0 Å². The first kappa shape index (κ1) is 14.6. The summed E-state index contributed by atoms with van der Waals surface area (Å²) in [5.74, 6) is -1.00. The highest BCUT2D eigenvalue weighted by Gasteiger charge is 2.36. The summed E-state index contributed by atoms with van der Waals surface area (Å²) in [6, 6.07) is 3.14. The minimum Gasteiger partial charge on any atom is -0.339 e. The number of carbonyl (C=O) groups excluding carboxylic acids is 1. The van der Waals surface area contributed by atoms with Crippen molar-refractivity contribution in [2.45, 2.75) is 25.7 Å². The molecule has 3 rings (SSSR count). The number of carbonyl (C=O) groups is 1. The molecule has 0 N–H and O–H groups in total. The van der Waals surface area contributed by atoms with Gasteiger partial charge in [0.1, 0.15) is 0 Å². The molecular weight excluding hydrogens is 292 g/mol. The van der Waals surface area contributed by atoms with Crippen LogP contribution in [0.4, 0.5) is 8.78 Å². The lowest BCUT2D eigenvalue weighted by Gasteiger charge is -2.37. The van der Waals surface area contributed by atoms with Crippen LogP contribution < -0.4 is 0 Å². The van der Waals surface area contributed by atoms with Gasteiger partial charge in [0.15, 0.2) is 17.5 Å². The number of rotatable bonds is 3. The summed E-state index contributed by atoms with van der Waals surface area (Å²) < 4.78 is 31.2. The maximum absolute atomic E-state index is 13.2. The summed E-state index contributed by atoms with van der Waals surface area (Å²) >= 11 is 0. The first-order chi connectivity index (χ1) is 10.5. The van der Waals surface area contributed by atoms with Gasteiger partial charge in [-0.15, -0.1) is 0 Å². The topological polar surface area (TPSA) is 59.2 Å². The Hall–Kier alpha value is -2.31. The molecule has 116 valence electrons. The van der Waals surface area contributed by atoms with Gasteiger partial charge >= 0.3 is 0 Å². The molecular formula is C15H15F2N3O2. The third-order valence-electron chi connectivity index (χ3n) is 3.66. The Morgan fingerprint density at radius 1 is 1.32 bits per heavy atom. The zero-order valence-electron chi connectivity index (χ0n) is 12.2. The summed E-state index contributed by atoms with van der Waals surface area (Å²) in [4.78, 5) is 18.0. The first-order valence-corrected chi connectivity index (χ1v) is 7.03. The molecule has 5 nitrogen and oxygen atoms in total. The summed E-state index contributed by atoms with van der Waals surface area (Å²) in [5, 5.41) is 3.89. The number of halogens is 2. The van der Waals surface area contributed by atoms with Gasteiger partial charge in [0, 0.05) is 24.6 Å². The van der Waals surface area contributed by atoms with Crippen molar-refractivity contribution in [3.05, 3.63) is 47.1 Å². The van der Waals surface area contributed by atoms with Gasteiger partial charge < -0.3 is 9.42 Å². The van der Waals surface area contributed by atoms with E-state index in [1.807, 2.05) is 13.8 Å². The SMILES string of the molecule is CC(C)c1noc(C2CN(C(=O)c3ccc(F)c(F)c3)C2)n1. The van der Waals surface area contributed by atoms with Crippen molar-refractivity contribution in [3.8, 4) is 0 Å². The molecule has 1 amide bonds. The second-order valence-corrected chi connectivity index (χ2v) is 5.68. The van der Waals surface area contributed by atoms with Gasteiger partial charge in [-0.2, -0.15) is 4.98 Å². The van der Waals surface area contributed by atoms with Crippen molar-refractivity contribution in [2.75, 3.05) is 13.1 Å². The minimum absolute atomic E-state index is 0.00533. The van der Waals surface area contributed by atoms with Gasteiger partial charge in [-0.3, -0.25) is 4.79 Å². The van der Waals surface area contributed by atoms with Gasteiger partial charge in [0.25, 0.3) is 5.91 Å². The quantitative estimate of drug-likeness (QED) is 0.875. The minimum atomic E-state index is -1.03. The number of likely N-dealkylation sites (tertiary alicyclic amines) is 1. The molecule has 1 aromatic heterocycles. The third kappa shape index (κ3) is 2.58. The van der Waals surface area contributed by atoms with E-state index < -0.39 is 11.6 Å². The van der Waals surface area contributed by atoms with Crippen LogP contribution in [0.25, 0.3) is 0 Å². The van der Waals surface area contributed by atoms with E-state index in [2.05, 4.69) is 10.1 Å². The van der Waals surface area contributed by atoms with Crippen LogP contribution in [0.5, 0.6) is 0 Å². The average Bonchev–Trinajstić information content (AvgIpc) is 2.89. The van der Waals surface area contributed by atoms with Gasteiger partial charge in [-0.25, -0.2) is 8.78 Å². The molecule has 0 spiro atoms. The number of benzene rings is 1. The third-order valence-corrected chi connectivity index (χ3v) is 3.66. The summed E-state index contributed by atoms with van der Waals surface area (Å²) in [6.45, 7) is 4.79. The van der Waals surface area contributed by atoms with Crippen LogP contribution in [-0.4, -0.2) is 34.0 Å². The van der Waals surface area contributed by atoms with Crippen molar-refractivity contribution >= 4 is 5.91 Å². The van der Waals surface area contributed by atoms with E-state index in [0.29, 0.717) is 24.8 Å². The number of amides is 1. The largest absolute Gasteiger partial charge is 0.339 e. The molecule has 1 fully saturated rings. The molecule has 7 heteroatoms. The Morgan fingerprint density at radius 3 is 2.64 bits per heavy atom. The first-order valence-electron chi connectivity index (χ1n) is 7.03. The molecule has 0 unspecified atom stereocenters. The van der Waals surface area contributed by atoms with Gasteiger partial charge in [0.2, 0.25) is 5.89 Å². The van der Waals surface area contributed by atoms with Crippen LogP contribution in [0.2, 0.25) is 0 Å². The predicted molar refractivity (Wildman–Crippen MR) is 73.4 cm³/mol. The fraction of sp³-hybridized carbons (Fsp3) is 0.400. The number of nitrogens with zero attached hydrogens (tertiary/aromatic N) is 3. The lowest BCUT2D eigenvalue weighted by molar-refractivity contribution is 0.0568. The number of hydrogen-bond donors (Lipinski definition) is 0. The van der Waals surface area contributed by atoms with Crippen molar-refractivity contribution in [1.29, 1.82) is 0 Å². The predicted octanol–water partition coefficient (Wildman–Crippen LogP) is 2.71. The van der Waals surface area contributed by atoms with E-state index in [1.54, 1.807) is 0 Å². The van der Waals surface area contributed by atoms with Crippen LogP contribution in [-0.2, 0) is 0 Å². The molecule has 2 aromatic rings. The Kier molecular flexibility index (Phi) is 3.64. The Morgan fingerprint density at radius 2 is 2.05 bits per heavy atom. The Bertz CT molecular complexity index is 709. The van der Waals surface area contributed by atoms with Crippen LogP contribution in [0, 0.1) is 11.6 Å². The lowest BCUT2D eigenvalue weighted by atomic mass is 9.98. The highest BCUT2D eigenvalue weighted by Crippen LogP contribution is 2.28. The smallest absolute Gasteiger partial charge is 0.254 e. The molecule has 0 saturated carbocycles. The molecule has 0 bridgehead atoms. The standard InChI is InChI=1S/C15H15F2N3O2/c1-8(2)13-18-14(22-19-13)10-6-20(7-10)15(21)9-3-4-11(16)12(17)5-9/h3-5,8,10H,6-7H2,1-2H3. The van der Waals surface area contributed by atoms with E-state index in [9.17, 15) is 13.6 Å². The van der Waals surface area contributed by atoms with Crippen LogP contribution in [0.15, 0.2) is 22.7 Å². The maximum Gasteiger partial charge on any atom is 0.254 e. The zero-order valence-corrected chi connectivity index (χ0v) is 12.2. The fourth-order valence-electron chi connectivity index (χ4n) is 2.26. The Labute approximate surface area is 125 Å². The second-order valence-electron chi connectivity index (χ2n) is 5.68. The fourth-order valence-corrected chi connectivity index (χ4v) is 2.26. The molecule has 2 heterocycles. The molecule has 0 aliphatic carbocycles. The molecule has 1 aliphatic rings. The lowest BCUT2D eigenvalue weighted by Crippen LogP contribution is -2.48. The summed E-state index contributed by atoms with van der Waals surface area (Å²) in [7, 11) is 0. The van der Waals surface area contributed by atoms with E-state index in [0.717, 1.165) is 12.1 Å². The van der Waals surface area contributed by atoms with Gasteiger partial charge in [-0.1, -0.05) is 19.0 Å². The number of aromatic nitrogens is 2. The number of hydrogen-bond acceptors (Lipinski definition) is 4. The summed E-state index contributed by atoms with van der Waals surface area (Å²) in [6.07, 6.45) is 0. The maximum atomic E-state index is 13.2. The van der Waals surface area contributed by atoms with E-state index in [1.165, 1.54) is 11.0 Å². The monoisotopic (exact) mass is 307 g/mol. The van der Waals surface area contributed by atoms with Crippen molar-refractivity contribution < 1.29 is 18.1 Å². The van der Waals surface area contributed by atoms with E-state index in [4.69, 9.17) is 4.52 Å². The molecule has 0 atom stereocenters. The second kappa shape index (κ2) is 5.47. The molecule has 1 aromatic carbocycles. The molecule has 0 radical (unpaired) electrons. The van der Waals surface area contributed by atoms with Gasteiger partial charge in [0.05, 0.1) is 5.92 Å². The van der Waals surface area contributed by atoms with Crippen molar-refractivity contribution in [3.63, 3.8) is 0 Å². The van der Waals surface area contributed by atoms with Crippen LogP contribution in [0.3, 0.4) is 0 Å². The average molecular weight is 307 g/mol. The highest BCUT2D eigenvalue weighted by molar-refractivity contribution is 5.94. The zero-order chi connectivity index (χ0) is 15.9. The van der Waals surface area contributed by atoms with E-state index in [-0.39, 0.29) is 23.3 Å². The summed E-state index contributed by atoms with van der Waals surface area (Å²) in [5.41, 5.74) is 0.130.